The number of hydrogen-bond donors (Lipinski definition) is 2. The van der Waals surface area contributed by atoms with Crippen molar-refractivity contribution in [1.82, 2.24) is 0 Å². The van der Waals surface area contributed by atoms with Gasteiger partial charge < -0.3 is 29.2 Å². The summed E-state index contributed by atoms with van der Waals surface area (Å²) in [6.07, 6.45) is 3.53. The lowest BCUT2D eigenvalue weighted by molar-refractivity contribution is -0.122. The largest absolute Gasteiger partial charge is 0.493 e. The highest BCUT2D eigenvalue weighted by atomic mass is 16.5. The van der Waals surface area contributed by atoms with E-state index in [-0.39, 0.29) is 6.61 Å². The van der Waals surface area contributed by atoms with Crippen LogP contribution in [0.3, 0.4) is 0 Å². The molecule has 2 aliphatic heterocycles. The Labute approximate surface area is 211 Å². The van der Waals surface area contributed by atoms with Crippen LogP contribution in [0.1, 0.15) is 55.5 Å². The summed E-state index contributed by atoms with van der Waals surface area (Å²) in [7, 11) is 0. The van der Waals surface area contributed by atoms with E-state index in [1.54, 1.807) is 24.3 Å². The monoisotopic (exact) mass is 488 g/mol. The lowest BCUT2D eigenvalue weighted by atomic mass is 9.81. The summed E-state index contributed by atoms with van der Waals surface area (Å²) in [6, 6.07) is 18.6. The van der Waals surface area contributed by atoms with Crippen LogP contribution in [-0.4, -0.2) is 29.0 Å². The van der Waals surface area contributed by atoms with Gasteiger partial charge in [0, 0.05) is 17.2 Å². The molecule has 6 nitrogen and oxygen atoms in total. The zero-order valence-corrected chi connectivity index (χ0v) is 20.9. The molecule has 6 heteroatoms. The molecule has 3 aromatic rings. The minimum absolute atomic E-state index is 0.147. The van der Waals surface area contributed by atoms with Gasteiger partial charge in [0.1, 0.15) is 47.9 Å². The van der Waals surface area contributed by atoms with Crippen LogP contribution >= 0.6 is 0 Å². The fraction of sp³-hybridized carbons (Fsp3) is 0.333. The van der Waals surface area contributed by atoms with Gasteiger partial charge in [0.15, 0.2) is 5.60 Å². The first-order valence-electron chi connectivity index (χ1n) is 12.3. The van der Waals surface area contributed by atoms with Crippen molar-refractivity contribution >= 4 is 6.08 Å². The number of aliphatic hydroxyl groups excluding tert-OH is 1. The summed E-state index contributed by atoms with van der Waals surface area (Å²) < 4.78 is 24.1. The summed E-state index contributed by atoms with van der Waals surface area (Å²) in [6.45, 7) is 6.72. The fourth-order valence-corrected chi connectivity index (χ4v) is 4.59. The van der Waals surface area contributed by atoms with E-state index in [9.17, 15) is 10.2 Å². The molecule has 0 bridgehead atoms. The smallest absolute Gasteiger partial charge is 0.157 e. The highest BCUT2D eigenvalue weighted by Gasteiger charge is 2.47. The van der Waals surface area contributed by atoms with Crippen LogP contribution in [0.15, 0.2) is 66.7 Å². The highest BCUT2D eigenvalue weighted by Crippen LogP contribution is 2.50. The van der Waals surface area contributed by atoms with Crippen LogP contribution in [0.2, 0.25) is 0 Å². The van der Waals surface area contributed by atoms with E-state index in [1.807, 2.05) is 69.3 Å². The third-order valence-electron chi connectivity index (χ3n) is 6.52. The van der Waals surface area contributed by atoms with Crippen LogP contribution in [0.25, 0.3) is 6.08 Å². The van der Waals surface area contributed by atoms with Gasteiger partial charge in [-0.1, -0.05) is 37.3 Å². The maximum Gasteiger partial charge on any atom is 0.157 e. The summed E-state index contributed by atoms with van der Waals surface area (Å²) in [5.41, 5.74) is 0.526. The number of ether oxygens (including phenoxy) is 4. The van der Waals surface area contributed by atoms with Crippen molar-refractivity contribution in [3.8, 4) is 23.0 Å². The zero-order valence-electron chi connectivity index (χ0n) is 20.9. The molecule has 3 aromatic carbocycles. The quantitative estimate of drug-likeness (QED) is 0.454. The Morgan fingerprint density at radius 2 is 1.83 bits per heavy atom. The van der Waals surface area contributed by atoms with Gasteiger partial charge in [0.25, 0.3) is 0 Å². The first-order chi connectivity index (χ1) is 17.3. The Hall–Kier alpha value is -3.48. The van der Waals surface area contributed by atoms with Gasteiger partial charge in [-0.25, -0.2) is 0 Å². The number of fused-ring (bicyclic) bond motifs is 3. The van der Waals surface area contributed by atoms with Crippen molar-refractivity contribution in [3.63, 3.8) is 0 Å². The van der Waals surface area contributed by atoms with Gasteiger partial charge in [-0.2, -0.15) is 0 Å². The molecule has 0 saturated carbocycles. The van der Waals surface area contributed by atoms with Gasteiger partial charge in [-0.05, 0) is 62.2 Å². The van der Waals surface area contributed by atoms with Gasteiger partial charge >= 0.3 is 0 Å². The van der Waals surface area contributed by atoms with Crippen molar-refractivity contribution in [2.24, 2.45) is 0 Å². The second-order valence-corrected chi connectivity index (χ2v) is 9.83. The Morgan fingerprint density at radius 3 is 2.61 bits per heavy atom. The van der Waals surface area contributed by atoms with Crippen LogP contribution in [0.5, 0.6) is 23.0 Å². The van der Waals surface area contributed by atoms with Crippen molar-refractivity contribution in [2.45, 2.75) is 51.1 Å². The Balaban J connectivity index is 1.50. The normalized spacial score (nSPS) is 21.5. The second kappa shape index (κ2) is 9.52. The minimum atomic E-state index is -1.73. The average molecular weight is 489 g/mol. The SMILES string of the molecule is CCCOc1ccc(C2(O)COc3c(ccc4c3C=CC(C)(C)O4)C2O)c(OCc2ccccc2)c1. The molecule has 0 spiro atoms. The molecule has 0 aliphatic carbocycles. The predicted octanol–water partition coefficient (Wildman–Crippen LogP) is 5.55. The van der Waals surface area contributed by atoms with E-state index in [4.69, 9.17) is 18.9 Å². The van der Waals surface area contributed by atoms with Gasteiger partial charge in [0.2, 0.25) is 0 Å². The molecule has 5 rings (SSSR count). The van der Waals surface area contributed by atoms with Crippen LogP contribution in [0.4, 0.5) is 0 Å². The number of aliphatic hydroxyl groups is 2. The number of rotatable bonds is 7. The topological polar surface area (TPSA) is 77.4 Å². The number of benzene rings is 3. The standard InChI is InChI=1S/C30H32O6/c1-4-16-33-21-10-12-24(26(17-21)34-18-20-8-6-5-7-9-20)30(32)19-35-27-22-14-15-29(2,3)36-25(22)13-11-23(27)28(30)31/h5-15,17,28,31-32H,4,16,18-19H2,1-3H3. The molecule has 2 atom stereocenters. The fourth-order valence-electron chi connectivity index (χ4n) is 4.59. The van der Waals surface area contributed by atoms with Gasteiger partial charge in [0.05, 0.1) is 12.2 Å². The molecule has 0 saturated heterocycles. The lowest BCUT2D eigenvalue weighted by Gasteiger charge is -2.40. The molecule has 2 N–H and O–H groups in total. The maximum atomic E-state index is 11.8. The molecule has 0 amide bonds. The highest BCUT2D eigenvalue weighted by molar-refractivity contribution is 5.70. The third-order valence-corrected chi connectivity index (χ3v) is 6.52. The van der Waals surface area contributed by atoms with E-state index in [2.05, 4.69) is 0 Å². The molecule has 2 heterocycles. The molecule has 2 unspecified atom stereocenters. The first kappa shape index (κ1) is 24.2. The molecular formula is C30H32O6. The molecular weight excluding hydrogens is 456 g/mol. The Kier molecular flexibility index (Phi) is 6.41. The zero-order chi connectivity index (χ0) is 25.3. The lowest BCUT2D eigenvalue weighted by Crippen LogP contribution is -2.43. The van der Waals surface area contributed by atoms with Crippen molar-refractivity contribution in [1.29, 1.82) is 0 Å². The van der Waals surface area contributed by atoms with Crippen molar-refractivity contribution < 1.29 is 29.2 Å². The summed E-state index contributed by atoms with van der Waals surface area (Å²) in [4.78, 5) is 0. The summed E-state index contributed by atoms with van der Waals surface area (Å²) in [5.74, 6) is 2.27. The van der Waals surface area contributed by atoms with E-state index in [0.29, 0.717) is 47.3 Å². The predicted molar refractivity (Wildman–Crippen MR) is 138 cm³/mol. The second-order valence-electron chi connectivity index (χ2n) is 9.83. The van der Waals surface area contributed by atoms with E-state index in [0.717, 1.165) is 17.5 Å². The van der Waals surface area contributed by atoms with E-state index >= 15 is 0 Å². The first-order valence-corrected chi connectivity index (χ1v) is 12.3. The van der Waals surface area contributed by atoms with Gasteiger partial charge in [-0.3, -0.25) is 0 Å². The molecule has 2 aliphatic rings. The van der Waals surface area contributed by atoms with Crippen LogP contribution in [-0.2, 0) is 12.2 Å². The summed E-state index contributed by atoms with van der Waals surface area (Å²) in [5, 5.41) is 23.3. The molecule has 0 aromatic heterocycles. The Bertz CT molecular complexity index is 1270. The van der Waals surface area contributed by atoms with Crippen molar-refractivity contribution in [3.05, 3.63) is 89.0 Å². The van der Waals surface area contributed by atoms with Gasteiger partial charge in [-0.15, -0.1) is 0 Å². The molecule has 188 valence electrons. The van der Waals surface area contributed by atoms with Crippen LogP contribution < -0.4 is 18.9 Å². The molecule has 0 fully saturated rings. The number of hydrogen-bond acceptors (Lipinski definition) is 6. The van der Waals surface area contributed by atoms with E-state index < -0.39 is 17.3 Å². The average Bonchev–Trinajstić information content (AvgIpc) is 2.88. The third kappa shape index (κ3) is 4.54. The minimum Gasteiger partial charge on any atom is -0.493 e. The van der Waals surface area contributed by atoms with E-state index in [1.165, 1.54) is 0 Å². The molecule has 0 radical (unpaired) electrons. The molecule has 36 heavy (non-hydrogen) atoms. The van der Waals surface area contributed by atoms with Crippen LogP contribution in [0, 0.1) is 0 Å². The summed E-state index contributed by atoms with van der Waals surface area (Å²) >= 11 is 0. The maximum absolute atomic E-state index is 11.8. The Morgan fingerprint density at radius 1 is 1.03 bits per heavy atom. The van der Waals surface area contributed by atoms with Crippen molar-refractivity contribution in [2.75, 3.05) is 13.2 Å².